The molecule has 0 unspecified atom stereocenters. The maximum absolute atomic E-state index is 12.8. The molecule has 1 radical (unpaired) electrons. The maximum atomic E-state index is 12.8. The van der Waals surface area contributed by atoms with Crippen LogP contribution in [-0.4, -0.2) is 23.8 Å². The summed E-state index contributed by atoms with van der Waals surface area (Å²) in [6, 6.07) is 6.46. The Hall–Kier alpha value is -1.04. The number of carbonyl (C=O) groups excluding carboxylic acids is 1. The molecule has 0 bridgehead atoms. The van der Waals surface area contributed by atoms with Crippen LogP contribution in [0.15, 0.2) is 47.6 Å². The van der Waals surface area contributed by atoms with Gasteiger partial charge < -0.3 is 9.64 Å². The summed E-state index contributed by atoms with van der Waals surface area (Å²) in [5.41, 5.74) is 1.36. The van der Waals surface area contributed by atoms with Crippen LogP contribution in [0.2, 0.25) is 0 Å². The van der Waals surface area contributed by atoms with Crippen LogP contribution in [0.1, 0.15) is 12.5 Å². The van der Waals surface area contributed by atoms with Crippen LogP contribution >= 0.6 is 11.6 Å². The number of esters is 1. The smallest absolute Gasteiger partial charge is 0.308 e. The van der Waals surface area contributed by atoms with Crippen LogP contribution in [0.5, 0.6) is 5.75 Å². The third kappa shape index (κ3) is 5.23. The van der Waals surface area contributed by atoms with Gasteiger partial charge in [0.1, 0.15) is 5.75 Å². The molecule has 119 valence electrons. The fourth-order valence-electron chi connectivity index (χ4n) is 1.98. The molecule has 0 fully saturated rings. The zero-order valence-corrected chi connectivity index (χ0v) is 15.9. The molecule has 0 spiro atoms. The minimum absolute atomic E-state index is 0. The quantitative estimate of drug-likeness (QED) is 0.425. The summed E-state index contributed by atoms with van der Waals surface area (Å²) in [5.74, 6) is -0.0564. The molecule has 0 N–H and O–H groups in total. The largest absolute Gasteiger partial charge is 0.427 e. The monoisotopic (exact) mass is 413 g/mol. The average molecular weight is 414 g/mol. The Kier molecular flexibility index (Phi) is 7.58. The van der Waals surface area contributed by atoms with Crippen molar-refractivity contribution in [2.75, 3.05) is 6.54 Å². The first kappa shape index (κ1) is 20.0. The number of carbonyl (C=O) groups is 1. The molecule has 7 heteroatoms. The number of halogens is 3. The summed E-state index contributed by atoms with van der Waals surface area (Å²) in [5, 5.41) is 0.265. The molecule has 1 aliphatic heterocycles. The number of ether oxygens (including phenoxy) is 1. The van der Waals surface area contributed by atoms with Crippen molar-refractivity contribution < 1.29 is 51.0 Å². The van der Waals surface area contributed by atoms with Gasteiger partial charge >= 0.3 is 5.97 Å². The molecule has 1 aliphatic rings. The van der Waals surface area contributed by atoms with Gasteiger partial charge in [-0.1, -0.05) is 17.8 Å². The zero-order valence-electron chi connectivity index (χ0n) is 12.4. The number of benzene rings is 1. The van der Waals surface area contributed by atoms with E-state index in [0.717, 1.165) is 0 Å². The van der Waals surface area contributed by atoms with Crippen LogP contribution < -0.4 is 4.74 Å². The van der Waals surface area contributed by atoms with E-state index in [0.29, 0.717) is 22.7 Å². The minimum Gasteiger partial charge on any atom is -0.427 e. The van der Waals surface area contributed by atoms with Gasteiger partial charge in [0.25, 0.3) is 6.43 Å². The fraction of sp³-hybridized carbons (Fsp3) is 0.188. The summed E-state index contributed by atoms with van der Waals surface area (Å²) in [6.45, 7) is 4.49. The first-order valence-electron chi connectivity index (χ1n) is 6.41. The van der Waals surface area contributed by atoms with E-state index in [2.05, 4.69) is 12.7 Å². The van der Waals surface area contributed by atoms with Crippen molar-refractivity contribution in [3.63, 3.8) is 0 Å². The normalized spacial score (nSPS) is 14.1. The van der Waals surface area contributed by atoms with Gasteiger partial charge in [-0.15, -0.1) is 12.1 Å². The summed E-state index contributed by atoms with van der Waals surface area (Å²) < 4.78 is 30.5. The van der Waals surface area contributed by atoms with Crippen molar-refractivity contribution in [3.05, 3.63) is 59.3 Å². The number of allylic oxidation sites excluding steroid dienone is 3. The Labute approximate surface area is 163 Å². The fourth-order valence-corrected chi connectivity index (χ4v) is 2.14. The number of hydrogen-bond donors (Lipinski definition) is 0. The first-order valence-corrected chi connectivity index (χ1v) is 6.79. The maximum Gasteiger partial charge on any atom is 0.308 e. The molecule has 0 saturated heterocycles. The van der Waals surface area contributed by atoms with Crippen molar-refractivity contribution in [2.45, 2.75) is 13.3 Å². The topological polar surface area (TPSA) is 29.5 Å². The first-order chi connectivity index (χ1) is 10.4. The number of nitrogens with zero attached hydrogens (tertiary/aromatic N) is 1. The predicted molar refractivity (Wildman–Crippen MR) is 80.2 cm³/mol. The van der Waals surface area contributed by atoms with E-state index in [9.17, 15) is 13.6 Å². The zero-order chi connectivity index (χ0) is 16.3. The molecule has 1 aromatic rings. The van der Waals surface area contributed by atoms with Crippen molar-refractivity contribution in [3.8, 4) is 5.75 Å². The van der Waals surface area contributed by atoms with Gasteiger partial charge in [0, 0.05) is 39.6 Å². The number of alkyl halides is 2. The Morgan fingerprint density at radius 1 is 1.39 bits per heavy atom. The molecule has 2 rings (SSSR count). The second-order valence-corrected chi connectivity index (χ2v) is 4.96. The van der Waals surface area contributed by atoms with Crippen molar-refractivity contribution >= 4 is 23.3 Å². The van der Waals surface area contributed by atoms with E-state index in [1.165, 1.54) is 17.9 Å². The third-order valence-corrected chi connectivity index (χ3v) is 3.24. The average Bonchev–Trinajstić information content (AvgIpc) is 2.44. The summed E-state index contributed by atoms with van der Waals surface area (Å²) >= 11 is 5.92. The molecule has 0 aliphatic carbocycles. The molecule has 0 aromatic heterocycles. The number of hydrogen-bond acceptors (Lipinski definition) is 3. The van der Waals surface area contributed by atoms with Crippen molar-refractivity contribution in [1.82, 2.24) is 4.90 Å². The molecule has 23 heavy (non-hydrogen) atoms. The summed E-state index contributed by atoms with van der Waals surface area (Å²) in [6.07, 6.45) is 1.82. The molecule has 0 atom stereocenters. The van der Waals surface area contributed by atoms with Crippen LogP contribution in [-0.2, 0) is 37.5 Å². The second-order valence-electron chi connectivity index (χ2n) is 4.55. The molecular weight excluding hydrogens is 401 g/mol. The van der Waals surface area contributed by atoms with Gasteiger partial charge in [-0.05, 0) is 22.9 Å². The van der Waals surface area contributed by atoms with Gasteiger partial charge in [-0.25, -0.2) is 8.78 Å². The Morgan fingerprint density at radius 2 is 2.00 bits per heavy atom. The Balaban J connectivity index is 0.00000264. The summed E-state index contributed by atoms with van der Waals surface area (Å²) in [4.78, 5) is 12.2. The van der Waals surface area contributed by atoms with Gasteiger partial charge in [0.15, 0.2) is 0 Å². The standard InChI is InChI=1S/C16H13ClF2NO2.Y/c1-10-14(17)7-8-15(20(10)9-16(18)19)12-3-5-13(6-4-12)22-11(2)21;/h3-7,16H,1,9H2,2H3;/q-1;. The van der Waals surface area contributed by atoms with Crippen LogP contribution in [0, 0.1) is 6.08 Å². The molecule has 0 saturated carbocycles. The van der Waals surface area contributed by atoms with Crippen LogP contribution in [0.4, 0.5) is 8.78 Å². The Bertz CT molecular complexity index is 657. The van der Waals surface area contributed by atoms with Gasteiger partial charge in [-0.2, -0.15) is 23.8 Å². The minimum atomic E-state index is -2.54. The van der Waals surface area contributed by atoms with Gasteiger partial charge in [0.05, 0.1) is 6.54 Å². The van der Waals surface area contributed by atoms with E-state index in [-0.39, 0.29) is 37.7 Å². The molecule has 1 heterocycles. The van der Waals surface area contributed by atoms with E-state index < -0.39 is 18.9 Å². The molecule has 3 nitrogen and oxygen atoms in total. The molecule has 0 amide bonds. The van der Waals surface area contributed by atoms with Gasteiger partial charge in [-0.3, -0.25) is 4.79 Å². The van der Waals surface area contributed by atoms with Crippen LogP contribution in [0.3, 0.4) is 0 Å². The SMILES string of the molecule is C=C1C(Cl)=C[C-]=C(c2ccc(OC(C)=O)cc2)N1CC(F)F.[Y]. The van der Waals surface area contributed by atoms with Gasteiger partial charge in [0.2, 0.25) is 0 Å². The van der Waals surface area contributed by atoms with Crippen molar-refractivity contribution in [1.29, 1.82) is 0 Å². The predicted octanol–water partition coefficient (Wildman–Crippen LogP) is 3.97. The van der Waals surface area contributed by atoms with E-state index in [1.807, 2.05) is 0 Å². The Morgan fingerprint density at radius 3 is 2.52 bits per heavy atom. The van der Waals surface area contributed by atoms with Crippen molar-refractivity contribution in [2.24, 2.45) is 0 Å². The van der Waals surface area contributed by atoms with Crippen LogP contribution in [0.25, 0.3) is 5.70 Å². The molecule has 1 aromatic carbocycles. The van der Waals surface area contributed by atoms with E-state index in [1.54, 1.807) is 24.3 Å². The molecular formula is C16H13ClF2NO2Y-. The third-order valence-electron chi connectivity index (χ3n) is 2.92. The van der Waals surface area contributed by atoms with E-state index >= 15 is 0 Å². The second kappa shape index (κ2) is 8.71. The number of rotatable bonds is 4. The summed E-state index contributed by atoms with van der Waals surface area (Å²) in [7, 11) is 0. The van der Waals surface area contributed by atoms with E-state index in [4.69, 9.17) is 16.3 Å².